The molecule has 16 rings (SSSR count). The van der Waals surface area contributed by atoms with Gasteiger partial charge < -0.3 is 18.3 Å². The molecule has 0 radical (unpaired) electrons. The van der Waals surface area contributed by atoms with E-state index in [1.54, 1.807) is 30.9 Å². The summed E-state index contributed by atoms with van der Waals surface area (Å²) in [6.07, 6.45) is 8.07. The molecule has 0 saturated carbocycles. The number of benzene rings is 7. The van der Waals surface area contributed by atoms with E-state index in [2.05, 4.69) is 96.9 Å². The van der Waals surface area contributed by atoms with Crippen molar-refractivity contribution >= 4 is 82.4 Å². The van der Waals surface area contributed by atoms with Gasteiger partial charge in [-0.05, 0) is 144 Å². The van der Waals surface area contributed by atoms with Gasteiger partial charge in [0.2, 0.25) is 5.41 Å². The van der Waals surface area contributed by atoms with Crippen LogP contribution in [0.5, 0.6) is 0 Å². The average Bonchev–Trinajstić information content (AvgIpc) is 1.49. The van der Waals surface area contributed by atoms with Crippen molar-refractivity contribution in [1.82, 2.24) is 38.2 Å². The largest absolute Gasteiger partial charge is 0.411 e. The topological polar surface area (TPSA) is 71.3 Å². The zero-order valence-corrected chi connectivity index (χ0v) is 45.6. The third-order valence-corrected chi connectivity index (χ3v) is 17.4. The van der Waals surface area contributed by atoms with Gasteiger partial charge in [0, 0.05) is 103 Å². The number of nitrogens with zero attached hydrogens (tertiary/aromatic N) is 8. The molecular formula is C72H46F6N8. The summed E-state index contributed by atoms with van der Waals surface area (Å²) in [7, 11) is 0. The fourth-order valence-corrected chi connectivity index (χ4v) is 13.7. The van der Waals surface area contributed by atoms with Crippen molar-refractivity contribution in [2.75, 3.05) is 0 Å². The number of alkyl halides is 6. The van der Waals surface area contributed by atoms with Gasteiger partial charge >= 0.3 is 12.4 Å². The Morgan fingerprint density at radius 3 is 1.51 bits per heavy atom. The number of pyridine rings is 4. The van der Waals surface area contributed by atoms with E-state index in [9.17, 15) is 0 Å². The van der Waals surface area contributed by atoms with Gasteiger partial charge in [0.15, 0.2) is 0 Å². The predicted octanol–water partition coefficient (Wildman–Crippen LogP) is 18.1. The molecule has 14 heteroatoms. The number of allylic oxidation sites excluding steroid dienone is 1. The van der Waals surface area contributed by atoms with Gasteiger partial charge in [0.25, 0.3) is 0 Å². The van der Waals surface area contributed by atoms with Crippen molar-refractivity contribution in [3.63, 3.8) is 0 Å². The Kier molecular flexibility index (Phi) is 11.4. The maximum atomic E-state index is 15.8. The highest BCUT2D eigenvalue weighted by Gasteiger charge is 2.72. The fourth-order valence-electron chi connectivity index (χ4n) is 13.7. The van der Waals surface area contributed by atoms with E-state index in [1.165, 1.54) is 46.5 Å². The number of hydrogen-bond acceptors (Lipinski definition) is 4. The van der Waals surface area contributed by atoms with Crippen molar-refractivity contribution in [2.45, 2.75) is 37.0 Å². The fraction of sp³-hybridized carbons (Fsp3) is 0.0833. The molecule has 0 bridgehead atoms. The summed E-state index contributed by atoms with van der Waals surface area (Å²) < 4.78 is 103. The molecular weight excluding hydrogens is 1090 g/mol. The number of aryl methyl sites for hydroxylation is 1. The highest BCUT2D eigenvalue weighted by molar-refractivity contribution is 6.21. The Morgan fingerprint density at radius 1 is 0.384 bits per heavy atom. The van der Waals surface area contributed by atoms with E-state index in [4.69, 9.17) is 4.98 Å². The molecule has 416 valence electrons. The summed E-state index contributed by atoms with van der Waals surface area (Å²) in [6, 6.07) is 55.3. The molecule has 0 N–H and O–H groups in total. The summed E-state index contributed by atoms with van der Waals surface area (Å²) in [6.45, 7) is 0. The van der Waals surface area contributed by atoms with Crippen molar-refractivity contribution in [3.8, 4) is 34.0 Å². The van der Waals surface area contributed by atoms with E-state index >= 15 is 26.3 Å². The van der Waals surface area contributed by atoms with Crippen molar-refractivity contribution in [2.24, 2.45) is 0 Å². The number of para-hydroxylation sites is 2. The molecule has 1 aliphatic rings. The van der Waals surface area contributed by atoms with Gasteiger partial charge in [-0.2, -0.15) is 26.3 Å². The second-order valence-corrected chi connectivity index (χ2v) is 22.0. The van der Waals surface area contributed by atoms with Crippen LogP contribution in [0.25, 0.3) is 116 Å². The highest BCUT2D eigenvalue weighted by Crippen LogP contribution is 2.57. The lowest BCUT2D eigenvalue weighted by atomic mass is 9.73. The number of halogens is 6. The third kappa shape index (κ3) is 7.57. The van der Waals surface area contributed by atoms with Crippen molar-refractivity contribution < 1.29 is 26.3 Å². The first-order chi connectivity index (χ1) is 42.0. The van der Waals surface area contributed by atoms with E-state index in [1.807, 2.05) is 101 Å². The molecule has 86 heavy (non-hydrogen) atoms. The summed E-state index contributed by atoms with van der Waals surface area (Å²) >= 11 is 0. The standard InChI is InChI=1S/C72H46F6N8/c73-71(74,75)70(72(76,77)78,46-20-28-50(29-21-46)83-60-13-5-2-9-53(60)58-41-79-38-34-62(58)83)47-22-30-51(31-23-47)84-61-14-6-3-10-55(61)68-64(84)35-39-82-69(68)57-11-7-15-63-67(57)56-33-37-81-43-66(56)86(63)49-26-18-45(19-27-49)40-44-16-24-48(25-17-44)85-59-12-4-1-8-52(59)54-32-36-80-42-65(54)85/h2-7,9-39,41-43H,1,8,40H2. The van der Waals surface area contributed by atoms with E-state index < -0.39 is 28.9 Å². The van der Waals surface area contributed by atoms with Gasteiger partial charge in [-0.25, -0.2) is 0 Å². The quantitative estimate of drug-likeness (QED) is 0.135. The number of rotatable bonds is 9. The maximum Gasteiger partial charge on any atom is 0.411 e. The number of fused-ring (bicyclic) bond motifs is 12. The molecule has 1 aliphatic carbocycles. The molecule has 8 heterocycles. The van der Waals surface area contributed by atoms with Crippen LogP contribution in [-0.2, 0) is 18.3 Å². The van der Waals surface area contributed by atoms with Gasteiger partial charge in [0.1, 0.15) is 0 Å². The number of hydrogen-bond donors (Lipinski definition) is 0. The molecule has 15 aromatic rings. The minimum absolute atomic E-state index is 0.368. The summed E-state index contributed by atoms with van der Waals surface area (Å²) in [4.78, 5) is 18.4. The Labute approximate surface area is 486 Å². The molecule has 0 saturated heterocycles. The van der Waals surface area contributed by atoms with Gasteiger partial charge in [0.05, 0.1) is 56.7 Å². The first kappa shape index (κ1) is 51.1. The first-order valence-electron chi connectivity index (χ1n) is 28.2. The summed E-state index contributed by atoms with van der Waals surface area (Å²) in [5.74, 6) is 0. The van der Waals surface area contributed by atoms with Crippen LogP contribution in [0.2, 0.25) is 0 Å². The zero-order valence-electron chi connectivity index (χ0n) is 45.6. The van der Waals surface area contributed by atoms with Gasteiger partial charge in [-0.1, -0.05) is 103 Å². The SMILES string of the molecule is FC(F)(F)C(c1ccc(-n2c3ccccc3c3cnccc32)cc1)(c1ccc(-n2c3ccccc3c3c(-c4cccc5c4c4ccncc4n5-c4ccc(Cc5ccc(-n6c7c(c8ccncc86)CCC=C7)cc5)cc4)nccc32)cc1)C(F)(F)F. The molecule has 8 nitrogen and oxygen atoms in total. The summed E-state index contributed by atoms with van der Waals surface area (Å²) in [5, 5.41) is 6.34. The molecule has 7 aromatic carbocycles. The predicted molar refractivity (Wildman–Crippen MR) is 329 cm³/mol. The molecule has 0 amide bonds. The van der Waals surface area contributed by atoms with Crippen molar-refractivity contribution in [1.29, 1.82) is 0 Å². The minimum Gasteiger partial charge on any atom is -0.309 e. The highest BCUT2D eigenvalue weighted by atomic mass is 19.4. The molecule has 0 spiro atoms. The Hall–Kier alpha value is -10.6. The van der Waals surface area contributed by atoms with Crippen molar-refractivity contribution in [3.05, 3.63) is 271 Å². The smallest absolute Gasteiger partial charge is 0.309 e. The lowest BCUT2D eigenvalue weighted by molar-refractivity contribution is -0.288. The molecule has 0 aliphatic heterocycles. The van der Waals surface area contributed by atoms with Crippen LogP contribution < -0.4 is 0 Å². The third-order valence-electron chi connectivity index (χ3n) is 17.4. The lowest BCUT2D eigenvalue weighted by Crippen LogP contribution is -2.54. The van der Waals surface area contributed by atoms with E-state index in [0.29, 0.717) is 33.6 Å². The van der Waals surface area contributed by atoms with Gasteiger partial charge in [-0.3, -0.25) is 19.9 Å². The molecule has 0 atom stereocenters. The molecule has 0 unspecified atom stereocenters. The molecule has 8 aromatic heterocycles. The van der Waals surface area contributed by atoms with Crippen LogP contribution in [-0.4, -0.2) is 50.6 Å². The van der Waals surface area contributed by atoms with Crippen LogP contribution in [0.15, 0.2) is 238 Å². The van der Waals surface area contributed by atoms with Gasteiger partial charge in [-0.15, -0.1) is 0 Å². The Bertz CT molecular complexity index is 5150. The second-order valence-electron chi connectivity index (χ2n) is 22.0. The first-order valence-corrected chi connectivity index (χ1v) is 28.2. The Balaban J connectivity index is 0.754. The van der Waals surface area contributed by atoms with E-state index in [-0.39, 0.29) is 0 Å². The second kappa shape index (κ2) is 19.2. The zero-order chi connectivity index (χ0) is 58.1. The lowest BCUT2D eigenvalue weighted by Gasteiger charge is -2.38. The summed E-state index contributed by atoms with van der Waals surface area (Å²) in [5.41, 5.74) is 8.63. The van der Waals surface area contributed by atoms with Crippen LogP contribution in [0.3, 0.4) is 0 Å². The van der Waals surface area contributed by atoms with Crippen LogP contribution in [0, 0.1) is 0 Å². The normalized spacial score (nSPS) is 13.1. The average molecular weight is 1140 g/mol. The Morgan fingerprint density at radius 2 is 0.860 bits per heavy atom. The van der Waals surface area contributed by atoms with Crippen LogP contribution in [0.4, 0.5) is 26.3 Å². The maximum absolute atomic E-state index is 15.8. The minimum atomic E-state index is -5.80. The molecule has 0 fully saturated rings. The van der Waals surface area contributed by atoms with Crippen LogP contribution in [0.1, 0.15) is 39.9 Å². The van der Waals surface area contributed by atoms with Crippen LogP contribution >= 0.6 is 0 Å². The number of aromatic nitrogens is 8. The van der Waals surface area contributed by atoms with E-state index in [0.717, 1.165) is 120 Å². The monoisotopic (exact) mass is 1140 g/mol.